The van der Waals surface area contributed by atoms with Crippen LogP contribution in [0.3, 0.4) is 0 Å². The van der Waals surface area contributed by atoms with Gasteiger partial charge in [0.15, 0.2) is 5.11 Å². The first kappa shape index (κ1) is 21.9. The zero-order valence-corrected chi connectivity index (χ0v) is 20.8. The summed E-state index contributed by atoms with van der Waals surface area (Å²) in [5.74, 6) is 0. The van der Waals surface area contributed by atoms with Gasteiger partial charge < -0.3 is 15.1 Å². The number of nitrogens with zero attached hydrogens (tertiary/aromatic N) is 3. The molecule has 4 nitrogen and oxygen atoms in total. The van der Waals surface area contributed by atoms with Crippen LogP contribution in [0.1, 0.15) is 49.7 Å². The number of likely N-dealkylation sites (N-methyl/N-ethyl adjacent to an activating group) is 1. The molecule has 0 unspecified atom stereocenters. The highest BCUT2D eigenvalue weighted by Crippen LogP contribution is 2.47. The number of hydrogen-bond acceptors (Lipinski definition) is 3. The van der Waals surface area contributed by atoms with Gasteiger partial charge >= 0.3 is 0 Å². The third-order valence-electron chi connectivity index (χ3n) is 6.79. The predicted octanol–water partition coefficient (Wildman–Crippen LogP) is 6.54. The molecule has 0 radical (unpaired) electrons. The van der Waals surface area contributed by atoms with Crippen molar-refractivity contribution in [3.05, 3.63) is 94.8 Å². The van der Waals surface area contributed by atoms with Crippen LogP contribution in [-0.4, -0.2) is 22.7 Å². The molecule has 1 saturated heterocycles. The van der Waals surface area contributed by atoms with Crippen molar-refractivity contribution in [2.75, 3.05) is 16.8 Å². The Hall–Kier alpha value is -2.89. The summed E-state index contributed by atoms with van der Waals surface area (Å²) < 4.78 is 0. The van der Waals surface area contributed by atoms with Crippen molar-refractivity contribution in [2.24, 2.45) is 0 Å². The van der Waals surface area contributed by atoms with E-state index in [1.807, 2.05) is 42.6 Å². The van der Waals surface area contributed by atoms with E-state index in [-0.39, 0.29) is 17.6 Å². The Labute approximate surface area is 205 Å². The summed E-state index contributed by atoms with van der Waals surface area (Å²) in [7, 11) is 2.12. The quantitative estimate of drug-likeness (QED) is 0.435. The van der Waals surface area contributed by atoms with Crippen LogP contribution in [0.15, 0.2) is 72.9 Å². The first-order valence-corrected chi connectivity index (χ1v) is 11.9. The van der Waals surface area contributed by atoms with E-state index in [0.717, 1.165) is 27.7 Å². The number of fused-ring (bicyclic) bond motifs is 1. The first-order chi connectivity index (χ1) is 15.8. The van der Waals surface area contributed by atoms with Crippen molar-refractivity contribution in [1.82, 2.24) is 10.3 Å². The number of anilines is 2. The van der Waals surface area contributed by atoms with Gasteiger partial charge in [-0.05, 0) is 80.5 Å². The van der Waals surface area contributed by atoms with Crippen LogP contribution in [-0.2, 0) is 0 Å². The number of allylic oxidation sites excluding steroid dienone is 1. The van der Waals surface area contributed by atoms with E-state index >= 15 is 0 Å². The van der Waals surface area contributed by atoms with E-state index in [4.69, 9.17) is 23.8 Å². The Morgan fingerprint density at radius 3 is 2.48 bits per heavy atom. The second kappa shape index (κ2) is 8.15. The van der Waals surface area contributed by atoms with Crippen LogP contribution in [0.5, 0.6) is 0 Å². The summed E-state index contributed by atoms with van der Waals surface area (Å²) in [6.07, 6.45) is 4.14. The standard InChI is InChI=1S/C27H27ClN4S/c1-17-16-27(2,3)31(4)23-15-21(28)20(14-19(17)23)25-24(22-12-8-9-13-29-22)30-26(33)32(25)18-10-6-5-7-11-18/h5-16,24-25H,1-4H3,(H,30,33)/t24-,25+/m1/s1. The van der Waals surface area contributed by atoms with Gasteiger partial charge in [0.1, 0.15) is 0 Å². The highest BCUT2D eigenvalue weighted by Gasteiger charge is 2.42. The summed E-state index contributed by atoms with van der Waals surface area (Å²) in [5, 5.41) is 4.91. The number of rotatable bonds is 3. The van der Waals surface area contributed by atoms with Crippen molar-refractivity contribution >= 4 is 45.9 Å². The molecule has 0 spiro atoms. The van der Waals surface area contributed by atoms with E-state index in [9.17, 15) is 0 Å². The number of para-hydroxylation sites is 1. The van der Waals surface area contributed by atoms with Crippen LogP contribution in [0.2, 0.25) is 5.02 Å². The molecule has 0 aliphatic carbocycles. The summed E-state index contributed by atoms with van der Waals surface area (Å²) in [6.45, 7) is 6.61. The van der Waals surface area contributed by atoms with Crippen LogP contribution in [0, 0.1) is 0 Å². The fraction of sp³-hybridized carbons (Fsp3) is 0.259. The minimum absolute atomic E-state index is 0.0784. The van der Waals surface area contributed by atoms with Gasteiger partial charge in [0.2, 0.25) is 0 Å². The molecule has 1 N–H and O–H groups in total. The van der Waals surface area contributed by atoms with Gasteiger partial charge in [-0.25, -0.2) is 0 Å². The Morgan fingerprint density at radius 2 is 1.79 bits per heavy atom. The fourth-order valence-electron chi connectivity index (χ4n) is 4.95. The van der Waals surface area contributed by atoms with Gasteiger partial charge in [-0.2, -0.15) is 0 Å². The molecule has 3 heterocycles. The van der Waals surface area contributed by atoms with Gasteiger partial charge in [0.05, 0.1) is 23.3 Å². The van der Waals surface area contributed by atoms with Gasteiger partial charge in [-0.1, -0.05) is 41.9 Å². The van der Waals surface area contributed by atoms with Crippen LogP contribution in [0.4, 0.5) is 11.4 Å². The molecule has 3 aromatic rings. The zero-order chi connectivity index (χ0) is 23.3. The number of aromatic nitrogens is 1. The highest BCUT2D eigenvalue weighted by atomic mass is 35.5. The third-order valence-corrected chi connectivity index (χ3v) is 7.43. The molecule has 1 fully saturated rings. The van der Waals surface area contributed by atoms with Crippen LogP contribution in [0.25, 0.3) is 5.57 Å². The lowest BCUT2D eigenvalue weighted by Crippen LogP contribution is -2.42. The highest BCUT2D eigenvalue weighted by molar-refractivity contribution is 7.80. The second-order valence-corrected chi connectivity index (χ2v) is 10.1. The maximum absolute atomic E-state index is 7.04. The monoisotopic (exact) mass is 474 g/mol. The van der Waals surface area contributed by atoms with Crippen molar-refractivity contribution in [1.29, 1.82) is 0 Å². The topological polar surface area (TPSA) is 31.4 Å². The summed E-state index contributed by atoms with van der Waals surface area (Å²) in [6, 6.07) is 20.3. The number of benzene rings is 2. The maximum atomic E-state index is 7.04. The Morgan fingerprint density at radius 1 is 1.06 bits per heavy atom. The molecule has 1 aromatic heterocycles. The minimum atomic E-state index is -0.138. The van der Waals surface area contributed by atoms with Crippen molar-refractivity contribution in [3.8, 4) is 0 Å². The number of thiocarbonyl (C=S) groups is 1. The average Bonchev–Trinajstić information content (AvgIpc) is 3.15. The zero-order valence-electron chi connectivity index (χ0n) is 19.2. The Balaban J connectivity index is 1.70. The molecule has 6 heteroatoms. The maximum Gasteiger partial charge on any atom is 0.174 e. The molecule has 2 aliphatic heterocycles. The number of nitrogens with one attached hydrogen (secondary N) is 1. The Kier molecular flexibility index (Phi) is 5.42. The molecule has 0 saturated carbocycles. The molecular formula is C27H27ClN4S. The molecule has 2 aromatic carbocycles. The van der Waals surface area contributed by atoms with Crippen molar-refractivity contribution < 1.29 is 0 Å². The predicted molar refractivity (Wildman–Crippen MR) is 142 cm³/mol. The fourth-order valence-corrected chi connectivity index (χ4v) is 5.57. The SMILES string of the molecule is CC1=CC(C)(C)N(C)c2cc(Cl)c([C@H]3[C@@H](c4ccccn4)NC(=S)N3c3ccccc3)cc21. The van der Waals surface area contributed by atoms with Crippen molar-refractivity contribution in [2.45, 2.75) is 38.4 Å². The Bertz CT molecular complexity index is 1240. The lowest BCUT2D eigenvalue weighted by molar-refractivity contribution is 0.567. The van der Waals surface area contributed by atoms with E-state index in [2.05, 4.69) is 78.3 Å². The van der Waals surface area contributed by atoms with Gasteiger partial charge in [-0.3, -0.25) is 4.98 Å². The summed E-state index contributed by atoms with van der Waals surface area (Å²) in [5.41, 5.74) is 6.50. The molecule has 5 rings (SSSR count). The van der Waals surface area contributed by atoms with Crippen molar-refractivity contribution in [3.63, 3.8) is 0 Å². The molecule has 2 aliphatic rings. The van der Waals surface area contributed by atoms with E-state index in [0.29, 0.717) is 5.11 Å². The summed E-state index contributed by atoms with van der Waals surface area (Å²) >= 11 is 12.9. The molecule has 0 amide bonds. The van der Waals surface area contributed by atoms with Gasteiger partial charge in [0.25, 0.3) is 0 Å². The normalized spacial score (nSPS) is 21.5. The summed E-state index contributed by atoms with van der Waals surface area (Å²) in [4.78, 5) is 9.10. The van der Waals surface area contributed by atoms with E-state index < -0.39 is 0 Å². The largest absolute Gasteiger partial charge is 0.365 e. The molecule has 0 bridgehead atoms. The third kappa shape index (κ3) is 3.69. The smallest absolute Gasteiger partial charge is 0.174 e. The molecule has 168 valence electrons. The number of pyridine rings is 1. The second-order valence-electron chi connectivity index (χ2n) is 9.26. The number of hydrogen-bond donors (Lipinski definition) is 1. The van der Waals surface area contributed by atoms with Gasteiger partial charge in [-0.15, -0.1) is 0 Å². The number of halogens is 1. The molecular weight excluding hydrogens is 448 g/mol. The minimum Gasteiger partial charge on any atom is -0.365 e. The van der Waals surface area contributed by atoms with E-state index in [1.165, 1.54) is 11.1 Å². The molecule has 2 atom stereocenters. The molecule has 33 heavy (non-hydrogen) atoms. The van der Waals surface area contributed by atoms with E-state index in [1.54, 1.807) is 0 Å². The van der Waals surface area contributed by atoms with Gasteiger partial charge in [0, 0.05) is 35.2 Å². The van der Waals surface area contributed by atoms with Crippen LogP contribution < -0.4 is 15.1 Å². The lowest BCUT2D eigenvalue weighted by Gasteiger charge is -2.41. The first-order valence-electron chi connectivity index (χ1n) is 11.1. The average molecular weight is 475 g/mol. The van der Waals surface area contributed by atoms with Crippen LogP contribution >= 0.6 is 23.8 Å². The lowest BCUT2D eigenvalue weighted by atomic mass is 9.86.